The van der Waals surface area contributed by atoms with E-state index in [2.05, 4.69) is 6.92 Å². The highest BCUT2D eigenvalue weighted by atomic mass is 16.4. The second-order valence-electron chi connectivity index (χ2n) is 8.05. The predicted molar refractivity (Wildman–Crippen MR) is 111 cm³/mol. The Morgan fingerprint density at radius 1 is 0.571 bits per heavy atom. The van der Waals surface area contributed by atoms with E-state index in [4.69, 9.17) is 5.11 Å². The average Bonchev–Trinajstić information content (AvgIpc) is 2.71. The lowest BCUT2D eigenvalue weighted by Gasteiger charge is -2.27. The van der Waals surface area contributed by atoms with Gasteiger partial charge in [0.25, 0.3) is 0 Å². The minimum Gasteiger partial charge on any atom is -0.390 e. The van der Waals surface area contributed by atoms with Crippen molar-refractivity contribution in [2.45, 2.75) is 134 Å². The molecule has 0 heterocycles. The molecule has 0 aromatic heterocycles. The summed E-state index contributed by atoms with van der Waals surface area (Å²) in [5.41, 5.74) is 0. The SMILES string of the molecule is CCCCCCCCCCCCCCCCC(O)[C@@H](O)[C@@H](O)[C@H](O)[C@@H](O)C=O. The van der Waals surface area contributed by atoms with Gasteiger partial charge in [0.2, 0.25) is 0 Å². The number of aliphatic hydroxyl groups is 5. The molecule has 0 fully saturated rings. The van der Waals surface area contributed by atoms with Gasteiger partial charge >= 0.3 is 0 Å². The zero-order valence-electron chi connectivity index (χ0n) is 17.7. The fraction of sp³-hybridized carbons (Fsp3) is 0.955. The maximum Gasteiger partial charge on any atom is 0.151 e. The number of aldehydes is 1. The number of aliphatic hydroxyl groups excluding tert-OH is 5. The van der Waals surface area contributed by atoms with Gasteiger partial charge in [0.15, 0.2) is 6.29 Å². The highest BCUT2D eigenvalue weighted by Gasteiger charge is 2.33. The van der Waals surface area contributed by atoms with Crippen molar-refractivity contribution in [2.75, 3.05) is 0 Å². The molecule has 0 radical (unpaired) electrons. The van der Waals surface area contributed by atoms with Gasteiger partial charge < -0.3 is 30.3 Å². The Bertz CT molecular complexity index is 352. The van der Waals surface area contributed by atoms with Crippen molar-refractivity contribution < 1.29 is 30.3 Å². The van der Waals surface area contributed by atoms with Crippen molar-refractivity contribution in [1.29, 1.82) is 0 Å². The first-order valence-electron chi connectivity index (χ1n) is 11.3. The molecule has 6 nitrogen and oxygen atoms in total. The van der Waals surface area contributed by atoms with Crippen LogP contribution in [-0.4, -0.2) is 62.3 Å². The van der Waals surface area contributed by atoms with Crippen LogP contribution in [0.1, 0.15) is 103 Å². The van der Waals surface area contributed by atoms with Crippen molar-refractivity contribution >= 4 is 6.29 Å². The normalized spacial score (nSPS) is 17.1. The van der Waals surface area contributed by atoms with Crippen LogP contribution < -0.4 is 0 Å². The monoisotopic (exact) mass is 404 g/mol. The summed E-state index contributed by atoms with van der Waals surface area (Å²) in [4.78, 5) is 10.4. The highest BCUT2D eigenvalue weighted by Crippen LogP contribution is 2.16. The zero-order chi connectivity index (χ0) is 21.2. The standard InChI is InChI=1S/C22H44O6/c1-2-3-4-5-6-7-8-9-10-11-12-13-14-15-16-18(24)20(26)22(28)21(27)19(25)17-23/h17-22,24-28H,2-16H2,1H3/t18?,19-,20+,21+,22+/m0/s1. The number of carbonyl (C=O) groups excluding carboxylic acids is 1. The lowest BCUT2D eigenvalue weighted by atomic mass is 9.96. The van der Waals surface area contributed by atoms with Gasteiger partial charge in [-0.15, -0.1) is 0 Å². The third-order valence-corrected chi connectivity index (χ3v) is 5.44. The molecule has 0 aromatic rings. The quantitative estimate of drug-likeness (QED) is 0.157. The van der Waals surface area contributed by atoms with Crippen molar-refractivity contribution in [3.63, 3.8) is 0 Å². The minimum atomic E-state index is -1.81. The summed E-state index contributed by atoms with van der Waals surface area (Å²) in [5, 5.41) is 48.1. The van der Waals surface area contributed by atoms with Crippen LogP contribution in [0, 0.1) is 0 Å². The first-order valence-corrected chi connectivity index (χ1v) is 11.3. The van der Waals surface area contributed by atoms with E-state index in [9.17, 15) is 25.2 Å². The smallest absolute Gasteiger partial charge is 0.151 e. The number of unbranched alkanes of at least 4 members (excludes halogenated alkanes) is 13. The second-order valence-corrected chi connectivity index (χ2v) is 8.05. The fourth-order valence-electron chi connectivity index (χ4n) is 3.43. The highest BCUT2D eigenvalue weighted by molar-refractivity contribution is 5.56. The molecule has 0 aliphatic carbocycles. The Labute approximate surface area is 171 Å². The summed E-state index contributed by atoms with van der Waals surface area (Å²) in [6, 6.07) is 0. The van der Waals surface area contributed by atoms with E-state index in [-0.39, 0.29) is 6.29 Å². The van der Waals surface area contributed by atoms with Crippen LogP contribution in [0.4, 0.5) is 0 Å². The van der Waals surface area contributed by atoms with Crippen LogP contribution in [0.3, 0.4) is 0 Å². The molecule has 1 unspecified atom stereocenters. The van der Waals surface area contributed by atoms with Gasteiger partial charge in [0, 0.05) is 0 Å². The Morgan fingerprint density at radius 3 is 1.36 bits per heavy atom. The van der Waals surface area contributed by atoms with Crippen LogP contribution in [-0.2, 0) is 4.79 Å². The Kier molecular flexibility index (Phi) is 18.1. The second kappa shape index (κ2) is 18.5. The number of hydrogen-bond donors (Lipinski definition) is 5. The van der Waals surface area contributed by atoms with Gasteiger partial charge in [-0.05, 0) is 6.42 Å². The van der Waals surface area contributed by atoms with Crippen LogP contribution >= 0.6 is 0 Å². The van der Waals surface area contributed by atoms with E-state index in [1.807, 2.05) is 0 Å². The largest absolute Gasteiger partial charge is 0.390 e. The van der Waals surface area contributed by atoms with E-state index >= 15 is 0 Å². The maximum absolute atomic E-state index is 10.4. The van der Waals surface area contributed by atoms with Crippen molar-refractivity contribution in [1.82, 2.24) is 0 Å². The average molecular weight is 405 g/mol. The molecule has 0 aromatic carbocycles. The number of rotatable bonds is 20. The van der Waals surface area contributed by atoms with Gasteiger partial charge in [0.05, 0.1) is 6.10 Å². The summed E-state index contributed by atoms with van der Waals surface area (Å²) in [6.07, 6.45) is 9.46. The van der Waals surface area contributed by atoms with Crippen LogP contribution in [0.25, 0.3) is 0 Å². The predicted octanol–water partition coefficient (Wildman–Crippen LogP) is 2.86. The van der Waals surface area contributed by atoms with E-state index in [1.54, 1.807) is 0 Å². The van der Waals surface area contributed by atoms with Gasteiger partial charge in [-0.1, -0.05) is 96.8 Å². The Balaban J connectivity index is 3.53. The van der Waals surface area contributed by atoms with Gasteiger partial charge in [-0.25, -0.2) is 0 Å². The molecule has 0 aliphatic rings. The molecule has 0 saturated heterocycles. The lowest BCUT2D eigenvalue weighted by Crippen LogP contribution is -2.49. The van der Waals surface area contributed by atoms with Gasteiger partial charge in [-0.2, -0.15) is 0 Å². The Hall–Kier alpha value is -0.530. The van der Waals surface area contributed by atoms with Crippen molar-refractivity contribution in [2.24, 2.45) is 0 Å². The van der Waals surface area contributed by atoms with Gasteiger partial charge in [-0.3, -0.25) is 0 Å². The molecule has 0 spiro atoms. The van der Waals surface area contributed by atoms with Crippen LogP contribution in [0.2, 0.25) is 0 Å². The first kappa shape index (κ1) is 27.5. The van der Waals surface area contributed by atoms with Crippen LogP contribution in [0.15, 0.2) is 0 Å². The van der Waals surface area contributed by atoms with Crippen LogP contribution in [0.5, 0.6) is 0 Å². The number of hydrogen-bond acceptors (Lipinski definition) is 6. The van der Waals surface area contributed by atoms with E-state index < -0.39 is 30.5 Å². The molecule has 0 saturated carbocycles. The molecule has 6 heteroatoms. The van der Waals surface area contributed by atoms with Gasteiger partial charge in [0.1, 0.15) is 24.4 Å². The molecule has 0 amide bonds. The third-order valence-electron chi connectivity index (χ3n) is 5.44. The summed E-state index contributed by atoms with van der Waals surface area (Å²) in [5.74, 6) is 0. The molecule has 0 rings (SSSR count). The van der Waals surface area contributed by atoms with E-state index in [0.29, 0.717) is 6.42 Å². The fourth-order valence-corrected chi connectivity index (χ4v) is 3.43. The zero-order valence-corrected chi connectivity index (χ0v) is 17.7. The summed E-state index contributed by atoms with van der Waals surface area (Å²) >= 11 is 0. The molecule has 5 N–H and O–H groups in total. The van der Waals surface area contributed by atoms with Crippen molar-refractivity contribution in [3.8, 4) is 0 Å². The van der Waals surface area contributed by atoms with Crippen molar-refractivity contribution in [3.05, 3.63) is 0 Å². The molecule has 5 atom stereocenters. The van der Waals surface area contributed by atoms with E-state index in [0.717, 1.165) is 19.3 Å². The Morgan fingerprint density at radius 2 is 0.964 bits per heavy atom. The van der Waals surface area contributed by atoms with E-state index in [1.165, 1.54) is 70.6 Å². The summed E-state index contributed by atoms with van der Waals surface area (Å²) in [7, 11) is 0. The first-order chi connectivity index (χ1) is 13.5. The maximum atomic E-state index is 10.4. The third kappa shape index (κ3) is 13.6. The summed E-state index contributed by atoms with van der Waals surface area (Å²) in [6.45, 7) is 2.24. The minimum absolute atomic E-state index is 0.0839. The molecule has 28 heavy (non-hydrogen) atoms. The molecular formula is C22H44O6. The molecule has 0 aliphatic heterocycles. The summed E-state index contributed by atoms with van der Waals surface area (Å²) < 4.78 is 0. The molecule has 168 valence electrons. The number of carbonyl (C=O) groups is 1. The molecule has 0 bridgehead atoms. The topological polar surface area (TPSA) is 118 Å². The molecular weight excluding hydrogens is 360 g/mol. The lowest BCUT2D eigenvalue weighted by molar-refractivity contribution is -0.145.